The largest absolute Gasteiger partial charge is 0.481 e. The molecule has 6 nitrogen and oxygen atoms in total. The number of nitrogens with zero attached hydrogens (tertiary/aromatic N) is 1. The second kappa shape index (κ2) is 6.24. The number of nitrogens with one attached hydrogen (secondary N) is 1. The molecule has 1 aliphatic rings. The van der Waals surface area contributed by atoms with Crippen LogP contribution in [0.4, 0.5) is 4.79 Å². The van der Waals surface area contributed by atoms with E-state index in [1.807, 2.05) is 6.92 Å². The van der Waals surface area contributed by atoms with Gasteiger partial charge >= 0.3 is 12.0 Å². The molecule has 1 aliphatic heterocycles. The summed E-state index contributed by atoms with van der Waals surface area (Å²) < 4.78 is 0. The van der Waals surface area contributed by atoms with Crippen LogP contribution in [0.2, 0.25) is 0 Å². The lowest BCUT2D eigenvalue weighted by Crippen LogP contribution is -2.51. The third kappa shape index (κ3) is 4.21. The van der Waals surface area contributed by atoms with E-state index in [1.54, 1.807) is 4.90 Å². The maximum absolute atomic E-state index is 12.0. The molecule has 2 N–H and O–H groups in total. The lowest BCUT2D eigenvalue weighted by atomic mass is 9.89. The van der Waals surface area contributed by atoms with Crippen LogP contribution in [0, 0.1) is 11.3 Å². The van der Waals surface area contributed by atoms with Gasteiger partial charge < -0.3 is 10.0 Å². The van der Waals surface area contributed by atoms with Crippen LogP contribution in [0.25, 0.3) is 0 Å². The highest BCUT2D eigenvalue weighted by atomic mass is 16.4. The maximum Gasteiger partial charge on any atom is 0.324 e. The molecule has 0 aromatic carbocycles. The van der Waals surface area contributed by atoms with E-state index in [0.29, 0.717) is 12.5 Å². The first-order valence-corrected chi connectivity index (χ1v) is 6.97. The smallest absolute Gasteiger partial charge is 0.324 e. The molecule has 0 aromatic rings. The van der Waals surface area contributed by atoms with Crippen LogP contribution >= 0.6 is 0 Å². The van der Waals surface area contributed by atoms with Crippen molar-refractivity contribution in [2.45, 2.75) is 53.0 Å². The zero-order valence-corrected chi connectivity index (χ0v) is 12.6. The van der Waals surface area contributed by atoms with Gasteiger partial charge in [-0.05, 0) is 39.5 Å². The number of rotatable bonds is 3. The molecule has 0 bridgehead atoms. The molecule has 0 spiro atoms. The Hall–Kier alpha value is -1.59. The molecule has 20 heavy (non-hydrogen) atoms. The Morgan fingerprint density at radius 1 is 1.30 bits per heavy atom. The number of carboxylic acid groups (broad SMARTS) is 1. The SMILES string of the molecule is CC1CCN(C(=O)NC(=O)CC(C)(C)C(=O)O)C(C)C1. The van der Waals surface area contributed by atoms with Crippen molar-refractivity contribution in [3.8, 4) is 0 Å². The molecule has 2 atom stereocenters. The molecule has 0 saturated carbocycles. The molecule has 0 aromatic heterocycles. The summed E-state index contributed by atoms with van der Waals surface area (Å²) in [5, 5.41) is 11.3. The molecule has 6 heteroatoms. The van der Waals surface area contributed by atoms with E-state index < -0.39 is 23.3 Å². The second-order valence-corrected chi connectivity index (χ2v) is 6.39. The number of carbonyl (C=O) groups is 3. The monoisotopic (exact) mass is 284 g/mol. The molecule has 1 saturated heterocycles. The predicted octanol–water partition coefficient (Wildman–Crippen LogP) is 1.84. The van der Waals surface area contributed by atoms with E-state index in [-0.39, 0.29) is 12.5 Å². The Morgan fingerprint density at radius 3 is 2.40 bits per heavy atom. The van der Waals surface area contributed by atoms with Crippen LogP contribution in [0.3, 0.4) is 0 Å². The van der Waals surface area contributed by atoms with Gasteiger partial charge in [0.15, 0.2) is 0 Å². The average molecular weight is 284 g/mol. The van der Waals surface area contributed by atoms with E-state index in [4.69, 9.17) is 5.11 Å². The second-order valence-electron chi connectivity index (χ2n) is 6.39. The summed E-state index contributed by atoms with van der Waals surface area (Å²) in [7, 11) is 0. The highest BCUT2D eigenvalue weighted by Gasteiger charge is 2.32. The Kier molecular flexibility index (Phi) is 5.14. The van der Waals surface area contributed by atoms with Gasteiger partial charge in [-0.3, -0.25) is 14.9 Å². The number of carbonyl (C=O) groups excluding carboxylic acids is 2. The third-order valence-corrected chi connectivity index (χ3v) is 3.83. The van der Waals surface area contributed by atoms with E-state index in [2.05, 4.69) is 12.2 Å². The highest BCUT2D eigenvalue weighted by Crippen LogP contribution is 2.23. The molecule has 1 rings (SSSR count). The van der Waals surface area contributed by atoms with Gasteiger partial charge in [-0.15, -0.1) is 0 Å². The fraction of sp³-hybridized carbons (Fsp3) is 0.786. The van der Waals surface area contributed by atoms with E-state index in [1.165, 1.54) is 13.8 Å². The molecule has 2 unspecified atom stereocenters. The van der Waals surface area contributed by atoms with Crippen LogP contribution in [0.1, 0.15) is 47.0 Å². The lowest BCUT2D eigenvalue weighted by molar-refractivity contribution is -0.149. The number of piperidine rings is 1. The van der Waals surface area contributed by atoms with Gasteiger partial charge in [-0.2, -0.15) is 0 Å². The van der Waals surface area contributed by atoms with Gasteiger partial charge in [-0.25, -0.2) is 4.79 Å². The van der Waals surface area contributed by atoms with Crippen LogP contribution in [-0.2, 0) is 9.59 Å². The summed E-state index contributed by atoms with van der Waals surface area (Å²) in [5.74, 6) is -1.02. The number of likely N-dealkylation sites (tertiary alicyclic amines) is 1. The quantitative estimate of drug-likeness (QED) is 0.828. The van der Waals surface area contributed by atoms with E-state index >= 15 is 0 Å². The first-order chi connectivity index (χ1) is 9.13. The molecule has 3 amide bonds. The van der Waals surface area contributed by atoms with Crippen LogP contribution in [0.15, 0.2) is 0 Å². The standard InChI is InChI=1S/C14H24N2O4/c1-9-5-6-16(10(2)7-9)13(20)15-11(17)8-14(3,4)12(18)19/h9-10H,5-8H2,1-4H3,(H,18,19)(H,15,17,20). The molecule has 0 aliphatic carbocycles. The minimum Gasteiger partial charge on any atom is -0.481 e. The number of hydrogen-bond donors (Lipinski definition) is 2. The number of carboxylic acids is 1. The maximum atomic E-state index is 12.0. The Balaban J connectivity index is 2.54. The lowest BCUT2D eigenvalue weighted by Gasteiger charge is -2.36. The first kappa shape index (κ1) is 16.5. The van der Waals surface area contributed by atoms with Gasteiger partial charge in [-0.1, -0.05) is 6.92 Å². The van der Waals surface area contributed by atoms with Gasteiger partial charge in [0.25, 0.3) is 0 Å². The topological polar surface area (TPSA) is 86.7 Å². The Bertz CT molecular complexity index is 406. The van der Waals surface area contributed by atoms with E-state index in [9.17, 15) is 14.4 Å². The van der Waals surface area contributed by atoms with Crippen LogP contribution in [-0.4, -0.2) is 40.5 Å². The van der Waals surface area contributed by atoms with Crippen LogP contribution in [0.5, 0.6) is 0 Å². The van der Waals surface area contributed by atoms with Crippen molar-refractivity contribution in [3.05, 3.63) is 0 Å². The number of urea groups is 1. The molecule has 1 heterocycles. The molecule has 114 valence electrons. The predicted molar refractivity (Wildman–Crippen MR) is 74.1 cm³/mol. The summed E-state index contributed by atoms with van der Waals surface area (Å²) in [5.41, 5.74) is -1.17. The summed E-state index contributed by atoms with van der Waals surface area (Å²) >= 11 is 0. The highest BCUT2D eigenvalue weighted by molar-refractivity contribution is 5.96. The minimum absolute atomic E-state index is 0.0963. The summed E-state index contributed by atoms with van der Waals surface area (Å²) in [6.45, 7) is 7.66. The van der Waals surface area contributed by atoms with Gasteiger partial charge in [0.1, 0.15) is 0 Å². The van der Waals surface area contributed by atoms with Crippen molar-refractivity contribution >= 4 is 17.9 Å². The van der Waals surface area contributed by atoms with Gasteiger partial charge in [0.05, 0.1) is 5.41 Å². The molecular weight excluding hydrogens is 260 g/mol. The fourth-order valence-electron chi connectivity index (χ4n) is 2.42. The zero-order chi connectivity index (χ0) is 15.5. The fourth-order valence-corrected chi connectivity index (χ4v) is 2.42. The molecule has 1 fully saturated rings. The van der Waals surface area contributed by atoms with Crippen molar-refractivity contribution in [1.82, 2.24) is 10.2 Å². The normalized spacial score (nSPS) is 23.3. The molecular formula is C14H24N2O4. The van der Waals surface area contributed by atoms with Gasteiger partial charge in [0, 0.05) is 19.0 Å². The Morgan fingerprint density at radius 2 is 1.90 bits per heavy atom. The number of imide groups is 1. The van der Waals surface area contributed by atoms with E-state index in [0.717, 1.165) is 12.8 Å². The average Bonchev–Trinajstić information content (AvgIpc) is 2.26. The zero-order valence-electron chi connectivity index (χ0n) is 12.6. The molecule has 0 radical (unpaired) electrons. The minimum atomic E-state index is -1.17. The van der Waals surface area contributed by atoms with Crippen molar-refractivity contribution < 1.29 is 19.5 Å². The van der Waals surface area contributed by atoms with Crippen molar-refractivity contribution in [3.63, 3.8) is 0 Å². The number of amides is 3. The van der Waals surface area contributed by atoms with Crippen molar-refractivity contribution in [2.75, 3.05) is 6.54 Å². The summed E-state index contributed by atoms with van der Waals surface area (Å²) in [4.78, 5) is 36.4. The number of aliphatic carboxylic acids is 1. The van der Waals surface area contributed by atoms with Gasteiger partial charge in [0.2, 0.25) is 5.91 Å². The summed E-state index contributed by atoms with van der Waals surface area (Å²) in [6, 6.07) is -0.324. The van der Waals surface area contributed by atoms with Crippen molar-refractivity contribution in [2.24, 2.45) is 11.3 Å². The first-order valence-electron chi connectivity index (χ1n) is 6.97. The summed E-state index contributed by atoms with van der Waals surface area (Å²) in [6.07, 6.45) is 1.63. The Labute approximate surface area is 119 Å². The number of hydrogen-bond acceptors (Lipinski definition) is 3. The third-order valence-electron chi connectivity index (χ3n) is 3.83. The van der Waals surface area contributed by atoms with Crippen molar-refractivity contribution in [1.29, 1.82) is 0 Å². The van der Waals surface area contributed by atoms with Crippen LogP contribution < -0.4 is 5.32 Å².